The molecule has 1 aromatic carbocycles. The lowest BCUT2D eigenvalue weighted by Crippen LogP contribution is -2.25. The summed E-state index contributed by atoms with van der Waals surface area (Å²) in [6, 6.07) is 5.83. The second-order valence-electron chi connectivity index (χ2n) is 5.83. The summed E-state index contributed by atoms with van der Waals surface area (Å²) in [5.74, 6) is 0.952. The predicted molar refractivity (Wildman–Crippen MR) is 76.3 cm³/mol. The Bertz CT molecular complexity index is 469. The maximum atomic E-state index is 11.3. The second-order valence-corrected chi connectivity index (χ2v) is 5.83. The van der Waals surface area contributed by atoms with Crippen LogP contribution in [0.25, 0.3) is 0 Å². The van der Waals surface area contributed by atoms with Crippen LogP contribution < -0.4 is 15.8 Å². The lowest BCUT2D eigenvalue weighted by atomic mass is 9.90. The van der Waals surface area contributed by atoms with E-state index >= 15 is 0 Å². The predicted octanol–water partition coefficient (Wildman–Crippen LogP) is 2.33. The first kappa shape index (κ1) is 13.9. The van der Waals surface area contributed by atoms with Crippen LogP contribution in [0.2, 0.25) is 0 Å². The molecule has 0 aromatic heterocycles. The third-order valence-electron chi connectivity index (χ3n) is 3.57. The van der Waals surface area contributed by atoms with E-state index < -0.39 is 0 Å². The van der Waals surface area contributed by atoms with Gasteiger partial charge in [-0.2, -0.15) is 0 Å². The Labute approximate surface area is 114 Å². The Kier molecular flexibility index (Phi) is 4.10. The third-order valence-corrected chi connectivity index (χ3v) is 3.57. The van der Waals surface area contributed by atoms with Gasteiger partial charge in [-0.05, 0) is 48.6 Å². The van der Waals surface area contributed by atoms with E-state index in [9.17, 15) is 4.79 Å². The largest absolute Gasteiger partial charge is 0.494 e. The topological polar surface area (TPSA) is 64.3 Å². The summed E-state index contributed by atoms with van der Waals surface area (Å²) in [6.07, 6.45) is 2.26. The Morgan fingerprint density at radius 1 is 1.37 bits per heavy atom. The number of anilines is 1. The normalized spacial score (nSPS) is 14.8. The number of ether oxygens (including phenoxy) is 1. The molecule has 0 saturated carbocycles. The second kappa shape index (κ2) is 5.61. The van der Waals surface area contributed by atoms with Crippen LogP contribution in [0, 0.1) is 5.41 Å². The minimum absolute atomic E-state index is 0.0888. The summed E-state index contributed by atoms with van der Waals surface area (Å²) in [7, 11) is 0. The molecule has 1 heterocycles. The highest BCUT2D eigenvalue weighted by Crippen LogP contribution is 2.27. The minimum atomic E-state index is 0.0888. The molecule has 0 radical (unpaired) electrons. The standard InChI is InChI=1S/C15H22N2O2/c1-15(2,10-16)7-8-19-12-4-5-13-11(9-12)3-6-14(18)17-13/h4-5,9H,3,6-8,10,16H2,1-2H3,(H,17,18). The molecule has 1 amide bonds. The molecule has 3 N–H and O–H groups in total. The molecule has 1 aliphatic rings. The number of nitrogens with two attached hydrogens (primary N) is 1. The van der Waals surface area contributed by atoms with E-state index in [1.807, 2.05) is 18.2 Å². The van der Waals surface area contributed by atoms with Crippen molar-refractivity contribution in [3.63, 3.8) is 0 Å². The van der Waals surface area contributed by atoms with Crippen molar-refractivity contribution in [3.05, 3.63) is 23.8 Å². The highest BCUT2D eigenvalue weighted by Gasteiger charge is 2.17. The number of hydrogen-bond acceptors (Lipinski definition) is 3. The number of amides is 1. The first-order valence-electron chi connectivity index (χ1n) is 6.76. The Morgan fingerprint density at radius 3 is 2.89 bits per heavy atom. The summed E-state index contributed by atoms with van der Waals surface area (Å²) in [5.41, 5.74) is 7.86. The van der Waals surface area contributed by atoms with Gasteiger partial charge < -0.3 is 15.8 Å². The number of carbonyl (C=O) groups is 1. The fourth-order valence-corrected chi connectivity index (χ4v) is 2.00. The zero-order valence-corrected chi connectivity index (χ0v) is 11.7. The van der Waals surface area contributed by atoms with E-state index in [4.69, 9.17) is 10.5 Å². The monoisotopic (exact) mass is 262 g/mol. The van der Waals surface area contributed by atoms with Crippen LogP contribution in [0.15, 0.2) is 18.2 Å². The van der Waals surface area contributed by atoms with E-state index in [1.165, 1.54) is 0 Å². The van der Waals surface area contributed by atoms with Crippen molar-refractivity contribution >= 4 is 11.6 Å². The summed E-state index contributed by atoms with van der Waals surface area (Å²) in [5, 5.41) is 2.87. The van der Waals surface area contributed by atoms with Crippen LogP contribution in [-0.4, -0.2) is 19.1 Å². The van der Waals surface area contributed by atoms with E-state index in [0.717, 1.165) is 29.8 Å². The number of fused-ring (bicyclic) bond motifs is 1. The van der Waals surface area contributed by atoms with Gasteiger partial charge in [0.25, 0.3) is 0 Å². The zero-order valence-electron chi connectivity index (χ0n) is 11.7. The van der Waals surface area contributed by atoms with Crippen LogP contribution in [0.3, 0.4) is 0 Å². The quantitative estimate of drug-likeness (QED) is 0.856. The van der Waals surface area contributed by atoms with Crippen molar-refractivity contribution in [1.82, 2.24) is 0 Å². The lowest BCUT2D eigenvalue weighted by Gasteiger charge is -2.22. The van der Waals surface area contributed by atoms with Gasteiger partial charge in [-0.1, -0.05) is 13.8 Å². The fraction of sp³-hybridized carbons (Fsp3) is 0.533. The molecule has 19 heavy (non-hydrogen) atoms. The molecule has 0 atom stereocenters. The molecule has 1 aromatic rings. The van der Waals surface area contributed by atoms with Crippen LogP contribution >= 0.6 is 0 Å². The molecule has 2 rings (SSSR count). The zero-order chi connectivity index (χ0) is 13.9. The summed E-state index contributed by atoms with van der Waals surface area (Å²) >= 11 is 0. The molecule has 1 aliphatic heterocycles. The van der Waals surface area contributed by atoms with Gasteiger partial charge in [0.05, 0.1) is 6.61 Å². The van der Waals surface area contributed by atoms with Gasteiger partial charge >= 0.3 is 0 Å². The van der Waals surface area contributed by atoms with Gasteiger partial charge in [0.2, 0.25) is 5.91 Å². The van der Waals surface area contributed by atoms with Crippen molar-refractivity contribution in [2.45, 2.75) is 33.1 Å². The van der Waals surface area contributed by atoms with Gasteiger partial charge in [0.1, 0.15) is 5.75 Å². The molecule has 104 valence electrons. The van der Waals surface area contributed by atoms with E-state index in [2.05, 4.69) is 19.2 Å². The Morgan fingerprint density at radius 2 is 2.16 bits per heavy atom. The fourth-order valence-electron chi connectivity index (χ4n) is 2.00. The van der Waals surface area contributed by atoms with Gasteiger partial charge in [0, 0.05) is 12.1 Å². The van der Waals surface area contributed by atoms with Crippen molar-refractivity contribution in [2.24, 2.45) is 11.1 Å². The lowest BCUT2D eigenvalue weighted by molar-refractivity contribution is -0.116. The highest BCUT2D eigenvalue weighted by molar-refractivity contribution is 5.93. The van der Waals surface area contributed by atoms with Gasteiger partial charge in [-0.15, -0.1) is 0 Å². The highest BCUT2D eigenvalue weighted by atomic mass is 16.5. The molecule has 0 aliphatic carbocycles. The summed E-state index contributed by atoms with van der Waals surface area (Å²) < 4.78 is 5.77. The Balaban J connectivity index is 1.94. The molecular weight excluding hydrogens is 240 g/mol. The van der Waals surface area contributed by atoms with Crippen molar-refractivity contribution < 1.29 is 9.53 Å². The first-order chi connectivity index (χ1) is 9.00. The van der Waals surface area contributed by atoms with Crippen LogP contribution in [0.5, 0.6) is 5.75 Å². The number of rotatable bonds is 5. The van der Waals surface area contributed by atoms with Gasteiger partial charge in [-0.3, -0.25) is 4.79 Å². The maximum Gasteiger partial charge on any atom is 0.224 e. The maximum absolute atomic E-state index is 11.3. The van der Waals surface area contributed by atoms with Crippen LogP contribution in [0.4, 0.5) is 5.69 Å². The molecule has 4 nitrogen and oxygen atoms in total. The van der Waals surface area contributed by atoms with Crippen LogP contribution in [0.1, 0.15) is 32.3 Å². The molecule has 4 heteroatoms. The molecule has 0 fully saturated rings. The summed E-state index contributed by atoms with van der Waals surface area (Å²) in [4.78, 5) is 11.3. The smallest absolute Gasteiger partial charge is 0.224 e. The van der Waals surface area contributed by atoms with Crippen molar-refractivity contribution in [1.29, 1.82) is 0 Å². The SMILES string of the molecule is CC(C)(CN)CCOc1ccc2c(c1)CCC(=O)N2. The Hall–Kier alpha value is -1.55. The van der Waals surface area contributed by atoms with Crippen LogP contribution in [-0.2, 0) is 11.2 Å². The first-order valence-corrected chi connectivity index (χ1v) is 6.76. The number of hydrogen-bond donors (Lipinski definition) is 2. The molecule has 0 bridgehead atoms. The van der Waals surface area contributed by atoms with E-state index in [0.29, 0.717) is 19.6 Å². The molecular formula is C15H22N2O2. The van der Waals surface area contributed by atoms with E-state index in [-0.39, 0.29) is 11.3 Å². The number of nitrogens with one attached hydrogen (secondary N) is 1. The third kappa shape index (κ3) is 3.70. The molecule has 0 spiro atoms. The molecule has 0 unspecified atom stereocenters. The number of benzene rings is 1. The minimum Gasteiger partial charge on any atom is -0.494 e. The van der Waals surface area contributed by atoms with E-state index in [1.54, 1.807) is 0 Å². The average molecular weight is 262 g/mol. The molecule has 0 saturated heterocycles. The number of carbonyl (C=O) groups excluding carboxylic acids is 1. The van der Waals surface area contributed by atoms with Gasteiger partial charge in [0.15, 0.2) is 0 Å². The van der Waals surface area contributed by atoms with Gasteiger partial charge in [-0.25, -0.2) is 0 Å². The average Bonchev–Trinajstić information content (AvgIpc) is 2.39. The van der Waals surface area contributed by atoms with Crippen molar-refractivity contribution in [3.8, 4) is 5.75 Å². The van der Waals surface area contributed by atoms with Crippen molar-refractivity contribution in [2.75, 3.05) is 18.5 Å². The summed E-state index contributed by atoms with van der Waals surface area (Å²) in [6.45, 7) is 5.60. The number of aryl methyl sites for hydroxylation is 1.